The van der Waals surface area contributed by atoms with E-state index in [9.17, 15) is 4.57 Å². The summed E-state index contributed by atoms with van der Waals surface area (Å²) in [7, 11) is -1.36. The highest BCUT2D eigenvalue weighted by molar-refractivity contribution is 7.81. The van der Waals surface area contributed by atoms with Crippen LogP contribution in [0.4, 0.5) is 0 Å². The fourth-order valence-electron chi connectivity index (χ4n) is 0.0602. The van der Waals surface area contributed by atoms with Gasteiger partial charge in [-0.25, -0.2) is 4.57 Å². The van der Waals surface area contributed by atoms with E-state index in [0.717, 1.165) is 0 Å². The molecule has 7 heavy (non-hydrogen) atoms. The molecule has 1 N–H and O–H groups in total. The first-order chi connectivity index (χ1) is 3.06. The molecule has 0 saturated heterocycles. The number of rotatable bonds is 2. The highest BCUT2D eigenvalue weighted by Gasteiger charge is 2.10. The third-order valence-corrected chi connectivity index (χ3v) is 3.63. The topological polar surface area (TPSA) is 46.5 Å². The molecular formula is H3Cl2O3PSi. The molecule has 0 aliphatic carbocycles. The van der Waals surface area contributed by atoms with Crippen LogP contribution in [0, 0.1) is 0 Å². The zero-order valence-electron chi connectivity index (χ0n) is 3.17. The molecule has 0 heterocycles. The van der Waals surface area contributed by atoms with Gasteiger partial charge in [-0.15, -0.1) is 11.1 Å². The van der Waals surface area contributed by atoms with Gasteiger partial charge in [0.15, 0.2) is 0 Å². The van der Waals surface area contributed by atoms with E-state index < -0.39 is 16.0 Å². The van der Waals surface area contributed by atoms with Crippen LogP contribution in [0.2, 0.25) is 0 Å². The second-order valence-corrected chi connectivity index (χ2v) is 4.78. The first-order valence-corrected chi connectivity index (χ1v) is 6.49. The van der Waals surface area contributed by atoms with Crippen LogP contribution in [0.25, 0.3) is 0 Å². The van der Waals surface area contributed by atoms with E-state index in [0.29, 0.717) is 0 Å². The molecule has 1 unspecified atom stereocenters. The van der Waals surface area contributed by atoms with Crippen LogP contribution in [0.1, 0.15) is 0 Å². The van der Waals surface area contributed by atoms with Gasteiger partial charge in [0.25, 0.3) is 9.07 Å². The number of halogens is 2. The zero-order chi connectivity index (χ0) is 5.91. The molecule has 0 saturated carbocycles. The lowest BCUT2D eigenvalue weighted by molar-refractivity contribution is 0.413. The van der Waals surface area contributed by atoms with Gasteiger partial charge in [-0.3, -0.25) is 0 Å². The molecule has 0 aliphatic rings. The van der Waals surface area contributed by atoms with Crippen LogP contribution in [-0.2, 0) is 8.78 Å². The summed E-state index contributed by atoms with van der Waals surface area (Å²) in [5, 5.41) is 0. The van der Waals surface area contributed by atoms with Crippen molar-refractivity contribution in [3.8, 4) is 0 Å². The van der Waals surface area contributed by atoms with Crippen molar-refractivity contribution in [1.82, 2.24) is 0 Å². The fraction of sp³-hybridized carbons (Fsp3) is 0. The highest BCUT2D eigenvalue weighted by Crippen LogP contribution is 2.46. The molecule has 0 aromatic carbocycles. The van der Waals surface area contributed by atoms with Gasteiger partial charge < -0.3 is 9.11 Å². The van der Waals surface area contributed by atoms with Crippen molar-refractivity contribution in [2.75, 3.05) is 0 Å². The lowest BCUT2D eigenvalue weighted by atomic mass is 15.8. The first kappa shape index (κ1) is 7.95. The van der Waals surface area contributed by atoms with Crippen LogP contribution in [-0.4, -0.2) is 14.0 Å². The molecule has 0 fully saturated rings. The van der Waals surface area contributed by atoms with Crippen LogP contribution in [0.15, 0.2) is 0 Å². The lowest BCUT2D eigenvalue weighted by Crippen LogP contribution is -1.81. The summed E-state index contributed by atoms with van der Waals surface area (Å²) in [5.41, 5.74) is 0. The van der Waals surface area contributed by atoms with Gasteiger partial charge >= 0.3 is 6.95 Å². The standard InChI is InChI=1S/Cl2H3O3PSi/c1-6(3,4)5-7-2/h7H2,(H,3,4). The van der Waals surface area contributed by atoms with Gasteiger partial charge in [0.05, 0.1) is 0 Å². The van der Waals surface area contributed by atoms with E-state index in [-0.39, 0.29) is 0 Å². The molecule has 0 aliphatic heterocycles. The molecule has 0 rings (SSSR count). The van der Waals surface area contributed by atoms with Crippen molar-refractivity contribution in [2.24, 2.45) is 0 Å². The largest absolute Gasteiger partial charge is 0.412 e. The summed E-state index contributed by atoms with van der Waals surface area (Å²) < 4.78 is 13.9. The van der Waals surface area contributed by atoms with Crippen LogP contribution < -0.4 is 0 Å². The van der Waals surface area contributed by atoms with Gasteiger partial charge in [0, 0.05) is 11.2 Å². The average Bonchev–Trinajstić information content (AvgIpc) is 1.30. The summed E-state index contributed by atoms with van der Waals surface area (Å²) in [6.45, 7) is -3.76. The lowest BCUT2D eigenvalue weighted by Gasteiger charge is -1.96. The van der Waals surface area contributed by atoms with Gasteiger partial charge in [0.2, 0.25) is 0 Å². The van der Waals surface area contributed by atoms with Crippen molar-refractivity contribution in [1.29, 1.82) is 0 Å². The highest BCUT2D eigenvalue weighted by atomic mass is 35.7. The first-order valence-electron chi connectivity index (χ1n) is 1.29. The Kier molecular flexibility index (Phi) is 3.48. The maximum atomic E-state index is 9.86. The second kappa shape index (κ2) is 3.07. The second-order valence-electron chi connectivity index (χ2n) is 0.690. The monoisotopic (exact) mass is 180 g/mol. The van der Waals surface area contributed by atoms with E-state index in [1.54, 1.807) is 0 Å². The SMILES string of the molecule is O=P(O)(Cl)O[SiH2]Cl. The molecule has 0 aromatic heterocycles. The minimum atomic E-state index is -3.76. The van der Waals surface area contributed by atoms with E-state index in [4.69, 9.17) is 16.0 Å². The van der Waals surface area contributed by atoms with Crippen molar-refractivity contribution in [2.45, 2.75) is 0 Å². The smallest absolute Gasteiger partial charge is 0.330 e. The minimum Gasteiger partial charge on any atom is -0.330 e. The molecule has 44 valence electrons. The van der Waals surface area contributed by atoms with E-state index in [2.05, 4.69) is 15.5 Å². The van der Waals surface area contributed by atoms with Gasteiger partial charge in [0.1, 0.15) is 0 Å². The fourth-order valence-corrected chi connectivity index (χ4v) is 2.62. The normalized spacial score (nSPS) is 20.4. The Morgan fingerprint density at radius 2 is 2.29 bits per heavy atom. The van der Waals surface area contributed by atoms with Crippen molar-refractivity contribution in [3.05, 3.63) is 0 Å². The summed E-state index contributed by atoms with van der Waals surface area (Å²) in [5.74, 6) is 0. The quantitative estimate of drug-likeness (QED) is 0.385. The summed E-state index contributed by atoms with van der Waals surface area (Å²) in [6, 6.07) is 0. The Hall–Kier alpha value is 0.947. The summed E-state index contributed by atoms with van der Waals surface area (Å²) in [6.07, 6.45) is 0. The van der Waals surface area contributed by atoms with Gasteiger partial charge in [-0.1, -0.05) is 0 Å². The van der Waals surface area contributed by atoms with Crippen molar-refractivity contribution >= 4 is 38.3 Å². The third-order valence-electron chi connectivity index (χ3n) is 0.208. The average molecular weight is 181 g/mol. The summed E-state index contributed by atoms with van der Waals surface area (Å²) >= 11 is 9.66. The Bertz CT molecular complexity index is 86.9. The predicted octanol–water partition coefficient (Wildman–Crippen LogP) is 0.580. The Labute approximate surface area is 52.5 Å². The maximum absolute atomic E-state index is 9.86. The van der Waals surface area contributed by atoms with Gasteiger partial charge in [-0.2, -0.15) is 0 Å². The summed E-state index contributed by atoms with van der Waals surface area (Å²) in [4.78, 5) is 8.07. The molecular weight excluding hydrogens is 178 g/mol. The maximum Gasteiger partial charge on any atom is 0.412 e. The minimum absolute atomic E-state index is 1.36. The Balaban J connectivity index is 3.36. The van der Waals surface area contributed by atoms with Crippen molar-refractivity contribution < 1.29 is 13.7 Å². The van der Waals surface area contributed by atoms with E-state index in [1.165, 1.54) is 0 Å². The Morgan fingerprint density at radius 1 is 1.86 bits per heavy atom. The molecule has 0 spiro atoms. The molecule has 3 nitrogen and oxygen atoms in total. The zero-order valence-corrected chi connectivity index (χ0v) is 6.99. The van der Waals surface area contributed by atoms with E-state index in [1.807, 2.05) is 0 Å². The van der Waals surface area contributed by atoms with Crippen molar-refractivity contribution in [3.63, 3.8) is 0 Å². The molecule has 7 heteroatoms. The number of hydrogen-bond donors (Lipinski definition) is 1. The molecule has 0 aromatic rings. The molecule has 0 bridgehead atoms. The third kappa shape index (κ3) is 6.95. The van der Waals surface area contributed by atoms with Gasteiger partial charge in [-0.05, 0) is 0 Å². The van der Waals surface area contributed by atoms with Crippen LogP contribution in [0.3, 0.4) is 0 Å². The molecule has 0 radical (unpaired) electrons. The predicted molar refractivity (Wildman–Crippen MR) is 31.2 cm³/mol. The molecule has 1 atom stereocenters. The number of hydrogen-bond acceptors (Lipinski definition) is 2. The Morgan fingerprint density at radius 3 is 2.29 bits per heavy atom. The van der Waals surface area contributed by atoms with Crippen LogP contribution >= 0.6 is 29.3 Å². The van der Waals surface area contributed by atoms with Crippen LogP contribution in [0.5, 0.6) is 0 Å². The molecule has 0 amide bonds. The van der Waals surface area contributed by atoms with E-state index >= 15 is 0 Å².